The van der Waals surface area contributed by atoms with Gasteiger partial charge in [0, 0.05) is 16.2 Å². The molecule has 0 amide bonds. The highest BCUT2D eigenvalue weighted by Crippen LogP contribution is 2.34. The fraction of sp³-hybridized carbons (Fsp3) is 0.538. The summed E-state index contributed by atoms with van der Waals surface area (Å²) in [5.74, 6) is 1.52. The second-order valence-electron chi connectivity index (χ2n) is 4.91. The first-order valence-electron chi connectivity index (χ1n) is 6.13. The van der Waals surface area contributed by atoms with Crippen LogP contribution in [0.5, 0.6) is 5.75 Å². The number of hydrogen-bond donors (Lipinski definition) is 0. The van der Waals surface area contributed by atoms with Crippen molar-refractivity contribution in [2.24, 2.45) is 5.92 Å². The molecule has 1 unspecified atom stereocenters. The zero-order valence-corrected chi connectivity index (χ0v) is 13.1. The van der Waals surface area contributed by atoms with Gasteiger partial charge in [-0.05, 0) is 19.1 Å². The number of rotatable bonds is 2. The van der Waals surface area contributed by atoms with Gasteiger partial charge in [0.25, 0.3) is 0 Å². The summed E-state index contributed by atoms with van der Waals surface area (Å²) < 4.78 is 10.0. The molecule has 5 heteroatoms. The predicted octanol–water partition coefficient (Wildman–Crippen LogP) is 0.0392. The highest BCUT2D eigenvalue weighted by Gasteiger charge is 2.47. The molecule has 1 atom stereocenters. The van der Waals surface area contributed by atoms with E-state index in [0.717, 1.165) is 35.8 Å². The minimum atomic E-state index is -0.0295. The Morgan fingerprint density at radius 3 is 2.39 bits per heavy atom. The van der Waals surface area contributed by atoms with Crippen LogP contribution in [0.15, 0.2) is 24.3 Å². The second kappa shape index (κ2) is 5.84. The number of hydrogen-bond acceptors (Lipinski definition) is 4. The summed E-state index contributed by atoms with van der Waals surface area (Å²) in [5.41, 5.74) is -0.0295. The summed E-state index contributed by atoms with van der Waals surface area (Å²) in [6.45, 7) is 4.45. The van der Waals surface area contributed by atoms with E-state index in [1.807, 2.05) is 12.1 Å². The van der Waals surface area contributed by atoms with E-state index in [2.05, 4.69) is 23.9 Å². The summed E-state index contributed by atoms with van der Waals surface area (Å²) in [5, 5.41) is 1.37. The molecule has 2 aliphatic heterocycles. The average Bonchev–Trinajstić information content (AvgIpc) is 2.25. The van der Waals surface area contributed by atoms with Gasteiger partial charge >= 0.3 is 0 Å². The van der Waals surface area contributed by atoms with E-state index in [1.165, 1.54) is 5.19 Å². The first-order valence-corrected chi connectivity index (χ1v) is 7.13. The van der Waals surface area contributed by atoms with Crippen LogP contribution in [0, 0.1) is 5.92 Å². The molecule has 0 N–H and O–H groups in total. The molecule has 2 heterocycles. The summed E-state index contributed by atoms with van der Waals surface area (Å²) in [4.78, 5) is 9.58. The Labute approximate surface area is 111 Å². The molecular formula is C13H20O4Si. The van der Waals surface area contributed by atoms with Gasteiger partial charge in [0.15, 0.2) is 0 Å². The molecule has 0 aliphatic carbocycles. The third kappa shape index (κ3) is 3.11. The van der Waals surface area contributed by atoms with Crippen molar-refractivity contribution in [3.05, 3.63) is 24.3 Å². The Morgan fingerprint density at radius 2 is 2.11 bits per heavy atom. The minimum absolute atomic E-state index is 0.0295. The van der Waals surface area contributed by atoms with Crippen molar-refractivity contribution in [1.29, 1.82) is 0 Å². The number of ether oxygens (including phenoxy) is 2. The number of benzene rings is 1. The largest absolute Gasteiger partial charge is 0.497 e. The van der Waals surface area contributed by atoms with Gasteiger partial charge in [-0.25, -0.2) is 9.78 Å². The molecule has 2 aliphatic rings. The molecule has 1 aromatic carbocycles. The molecule has 3 rings (SSSR count). The summed E-state index contributed by atoms with van der Waals surface area (Å²) in [6.07, 6.45) is 0. The maximum absolute atomic E-state index is 5.02. The Morgan fingerprint density at radius 1 is 1.39 bits per heavy atom. The van der Waals surface area contributed by atoms with E-state index in [0.29, 0.717) is 5.92 Å². The lowest BCUT2D eigenvalue weighted by Crippen LogP contribution is -2.57. The molecule has 0 radical (unpaired) electrons. The van der Waals surface area contributed by atoms with E-state index in [9.17, 15) is 0 Å². The smallest absolute Gasteiger partial charge is 0.134 e. The Kier molecular flexibility index (Phi) is 4.39. The van der Waals surface area contributed by atoms with Crippen molar-refractivity contribution in [1.82, 2.24) is 0 Å². The van der Waals surface area contributed by atoms with Crippen LogP contribution < -0.4 is 9.92 Å². The summed E-state index contributed by atoms with van der Waals surface area (Å²) in [7, 11) is 2.79. The maximum atomic E-state index is 5.02. The molecule has 4 nitrogen and oxygen atoms in total. The van der Waals surface area contributed by atoms with Gasteiger partial charge in [0.05, 0.1) is 20.3 Å². The monoisotopic (exact) mass is 268 g/mol. The highest BCUT2D eigenvalue weighted by atomic mass is 28.1. The zero-order valence-electron chi connectivity index (χ0n) is 11.1. The first kappa shape index (κ1) is 13.5. The van der Waals surface area contributed by atoms with Gasteiger partial charge in [0.1, 0.15) is 18.0 Å². The van der Waals surface area contributed by atoms with Crippen molar-refractivity contribution < 1.29 is 19.2 Å². The predicted molar refractivity (Wildman–Crippen MR) is 72.3 cm³/mol. The molecule has 0 spiro atoms. The third-order valence-corrected chi connectivity index (χ3v) is 3.94. The first-order chi connectivity index (χ1) is 8.64. The van der Waals surface area contributed by atoms with E-state index >= 15 is 0 Å². The van der Waals surface area contributed by atoms with Crippen LogP contribution in [-0.4, -0.2) is 42.8 Å². The lowest BCUT2D eigenvalue weighted by Gasteiger charge is -2.45. The average molecular weight is 268 g/mol. The summed E-state index contributed by atoms with van der Waals surface area (Å²) >= 11 is 0. The van der Waals surface area contributed by atoms with Crippen LogP contribution in [0.2, 0.25) is 0 Å². The standard InChI is InChI=1S/C7H10OSi.C6H10O3/c1-8-6-3-2-4-7(9)5-6;1-6(4-8-9-6)5-2-7-3-5/h2-5H,1,9H3;5H,2-4H2,1H3. The van der Waals surface area contributed by atoms with Crippen molar-refractivity contribution in [3.8, 4) is 5.75 Å². The highest BCUT2D eigenvalue weighted by molar-refractivity contribution is 6.32. The van der Waals surface area contributed by atoms with Gasteiger partial charge in [-0.3, -0.25) is 0 Å². The Bertz CT molecular complexity index is 388. The van der Waals surface area contributed by atoms with E-state index < -0.39 is 0 Å². The molecule has 0 bridgehead atoms. The summed E-state index contributed by atoms with van der Waals surface area (Å²) in [6, 6.07) is 8.14. The van der Waals surface area contributed by atoms with E-state index in [-0.39, 0.29) is 5.60 Å². The molecule has 18 heavy (non-hydrogen) atoms. The molecule has 2 fully saturated rings. The SMILES string of the molecule is CC1(C2COC2)COO1.COc1cccc([SiH3])c1. The Balaban J connectivity index is 0.000000134. The van der Waals surface area contributed by atoms with Crippen LogP contribution in [-0.2, 0) is 14.5 Å². The second-order valence-corrected chi connectivity index (χ2v) is 6.07. The molecule has 0 saturated carbocycles. The molecule has 2 saturated heterocycles. The lowest BCUT2D eigenvalue weighted by molar-refractivity contribution is -0.487. The van der Waals surface area contributed by atoms with E-state index in [1.54, 1.807) is 7.11 Å². The van der Waals surface area contributed by atoms with Crippen molar-refractivity contribution in [2.45, 2.75) is 12.5 Å². The van der Waals surface area contributed by atoms with Crippen molar-refractivity contribution >= 4 is 15.4 Å². The van der Waals surface area contributed by atoms with Crippen LogP contribution in [0.1, 0.15) is 6.92 Å². The van der Waals surface area contributed by atoms with Crippen LogP contribution in [0.4, 0.5) is 0 Å². The van der Waals surface area contributed by atoms with Gasteiger partial charge in [-0.1, -0.05) is 17.3 Å². The third-order valence-electron chi connectivity index (χ3n) is 3.32. The quantitative estimate of drug-likeness (QED) is 0.560. The zero-order chi connectivity index (χ0) is 13.0. The fourth-order valence-electron chi connectivity index (χ4n) is 1.76. The van der Waals surface area contributed by atoms with Crippen molar-refractivity contribution in [3.63, 3.8) is 0 Å². The van der Waals surface area contributed by atoms with Gasteiger partial charge in [-0.15, -0.1) is 0 Å². The fourth-order valence-corrected chi connectivity index (χ4v) is 2.24. The molecule has 0 aromatic heterocycles. The van der Waals surface area contributed by atoms with Crippen LogP contribution >= 0.6 is 0 Å². The molecular weight excluding hydrogens is 248 g/mol. The molecule has 1 aromatic rings. The Hall–Kier alpha value is -0.883. The number of methoxy groups -OCH3 is 1. The normalized spacial score (nSPS) is 26.6. The lowest BCUT2D eigenvalue weighted by atomic mass is 9.87. The minimum Gasteiger partial charge on any atom is -0.497 e. The van der Waals surface area contributed by atoms with Crippen molar-refractivity contribution in [2.75, 3.05) is 26.9 Å². The van der Waals surface area contributed by atoms with Gasteiger partial charge in [-0.2, -0.15) is 0 Å². The van der Waals surface area contributed by atoms with Crippen LogP contribution in [0.25, 0.3) is 0 Å². The van der Waals surface area contributed by atoms with Gasteiger partial charge in [0.2, 0.25) is 0 Å². The topological polar surface area (TPSA) is 36.9 Å². The van der Waals surface area contributed by atoms with Gasteiger partial charge < -0.3 is 9.47 Å². The van der Waals surface area contributed by atoms with E-state index in [4.69, 9.17) is 14.4 Å². The van der Waals surface area contributed by atoms with Crippen LogP contribution in [0.3, 0.4) is 0 Å². The maximum Gasteiger partial charge on any atom is 0.134 e. The molecule has 100 valence electrons.